The Hall–Kier alpha value is -2.29. The zero-order valence-electron chi connectivity index (χ0n) is 15.5. The van der Waals surface area contributed by atoms with Crippen molar-refractivity contribution in [3.05, 3.63) is 65.2 Å². The molecule has 0 radical (unpaired) electrons. The van der Waals surface area contributed by atoms with Crippen molar-refractivity contribution in [2.45, 2.75) is 39.7 Å². The first-order valence-corrected chi connectivity index (χ1v) is 9.21. The molecule has 2 aromatic rings. The van der Waals surface area contributed by atoms with Crippen molar-refractivity contribution in [1.29, 1.82) is 0 Å². The minimum absolute atomic E-state index is 0.0585. The topological polar surface area (TPSA) is 32.3 Å². The molecule has 1 aliphatic rings. The van der Waals surface area contributed by atoms with Crippen LogP contribution in [0.4, 0.5) is 5.69 Å². The highest BCUT2D eigenvalue weighted by molar-refractivity contribution is 5.79. The fourth-order valence-corrected chi connectivity index (χ4v) is 3.43. The van der Waals surface area contributed by atoms with Gasteiger partial charge < -0.3 is 10.2 Å². The average Bonchev–Trinajstić information content (AvgIpc) is 2.63. The Balaban J connectivity index is 1.52. The Morgan fingerprint density at radius 1 is 0.960 bits per heavy atom. The summed E-state index contributed by atoms with van der Waals surface area (Å²) in [5.74, 6) is 0.311. The van der Waals surface area contributed by atoms with Gasteiger partial charge in [-0.05, 0) is 51.3 Å². The second-order valence-electron chi connectivity index (χ2n) is 7.24. The summed E-state index contributed by atoms with van der Waals surface area (Å²) in [5, 5.41) is 3.19. The Morgan fingerprint density at radius 3 is 2.04 bits per heavy atom. The highest BCUT2D eigenvalue weighted by atomic mass is 16.1. The third kappa shape index (κ3) is 4.41. The van der Waals surface area contributed by atoms with Gasteiger partial charge in [0.25, 0.3) is 0 Å². The number of nitrogens with zero attached hydrogens (tertiary/aromatic N) is 1. The van der Waals surface area contributed by atoms with Gasteiger partial charge in [-0.2, -0.15) is 0 Å². The van der Waals surface area contributed by atoms with Crippen molar-refractivity contribution in [2.24, 2.45) is 5.92 Å². The van der Waals surface area contributed by atoms with Gasteiger partial charge in [0.05, 0.1) is 6.04 Å². The van der Waals surface area contributed by atoms with E-state index in [0.29, 0.717) is 0 Å². The van der Waals surface area contributed by atoms with E-state index in [1.807, 2.05) is 0 Å². The molecule has 0 bridgehead atoms. The highest BCUT2D eigenvalue weighted by Crippen LogP contribution is 2.24. The fourth-order valence-electron chi connectivity index (χ4n) is 3.43. The Morgan fingerprint density at radius 2 is 1.48 bits per heavy atom. The van der Waals surface area contributed by atoms with Crippen LogP contribution in [0, 0.1) is 19.8 Å². The summed E-state index contributed by atoms with van der Waals surface area (Å²) in [6.45, 7) is 8.13. The molecule has 1 N–H and O–H groups in total. The lowest BCUT2D eigenvalue weighted by Crippen LogP contribution is -2.41. The summed E-state index contributed by atoms with van der Waals surface area (Å²) in [4.78, 5) is 15.0. The van der Waals surface area contributed by atoms with Crippen LogP contribution in [0.5, 0.6) is 0 Å². The Kier molecular flexibility index (Phi) is 5.42. The summed E-state index contributed by atoms with van der Waals surface area (Å²) in [6.07, 6.45) is 1.83. The van der Waals surface area contributed by atoms with Crippen LogP contribution in [0.15, 0.2) is 48.5 Å². The molecule has 1 atom stereocenters. The highest BCUT2D eigenvalue weighted by Gasteiger charge is 2.26. The molecule has 1 saturated heterocycles. The van der Waals surface area contributed by atoms with Crippen molar-refractivity contribution < 1.29 is 4.79 Å². The Bertz CT molecular complexity index is 698. The molecule has 0 spiro atoms. The fraction of sp³-hybridized carbons (Fsp3) is 0.409. The summed E-state index contributed by atoms with van der Waals surface area (Å²) >= 11 is 0. The summed E-state index contributed by atoms with van der Waals surface area (Å²) in [5.41, 5.74) is 4.95. The van der Waals surface area contributed by atoms with Crippen molar-refractivity contribution in [2.75, 3.05) is 18.0 Å². The number of piperidine rings is 1. The summed E-state index contributed by atoms with van der Waals surface area (Å²) in [6, 6.07) is 17.1. The molecule has 0 saturated carbocycles. The van der Waals surface area contributed by atoms with Crippen molar-refractivity contribution in [1.82, 2.24) is 5.32 Å². The molecular weight excluding hydrogens is 308 g/mol. The van der Waals surface area contributed by atoms with Crippen LogP contribution in [0.1, 0.15) is 42.5 Å². The van der Waals surface area contributed by atoms with E-state index >= 15 is 0 Å². The number of carbonyl (C=O) groups is 1. The lowest BCUT2D eigenvalue weighted by molar-refractivity contribution is -0.126. The largest absolute Gasteiger partial charge is 0.371 e. The zero-order chi connectivity index (χ0) is 17.8. The van der Waals surface area contributed by atoms with Gasteiger partial charge in [0, 0.05) is 24.7 Å². The van der Waals surface area contributed by atoms with E-state index < -0.39 is 0 Å². The predicted octanol–water partition coefficient (Wildman–Crippen LogP) is 4.40. The first kappa shape index (κ1) is 17.5. The van der Waals surface area contributed by atoms with Crippen LogP contribution >= 0.6 is 0 Å². The molecule has 1 fully saturated rings. The van der Waals surface area contributed by atoms with E-state index in [-0.39, 0.29) is 17.9 Å². The van der Waals surface area contributed by atoms with Gasteiger partial charge in [-0.1, -0.05) is 47.5 Å². The minimum atomic E-state index is 0.0585. The third-order valence-electron chi connectivity index (χ3n) is 5.20. The smallest absolute Gasteiger partial charge is 0.223 e. The molecule has 3 nitrogen and oxygen atoms in total. The number of amides is 1. The van der Waals surface area contributed by atoms with Crippen molar-refractivity contribution in [3.63, 3.8) is 0 Å². The molecule has 3 heteroatoms. The molecule has 1 aliphatic heterocycles. The van der Waals surface area contributed by atoms with Crippen molar-refractivity contribution in [3.8, 4) is 0 Å². The maximum atomic E-state index is 12.6. The molecule has 1 amide bonds. The quantitative estimate of drug-likeness (QED) is 0.897. The number of benzene rings is 2. The van der Waals surface area contributed by atoms with E-state index in [1.165, 1.54) is 16.8 Å². The molecule has 3 rings (SSSR count). The van der Waals surface area contributed by atoms with E-state index in [9.17, 15) is 4.79 Å². The number of anilines is 1. The number of aryl methyl sites for hydroxylation is 2. The molecule has 0 aromatic heterocycles. The molecule has 25 heavy (non-hydrogen) atoms. The number of hydrogen-bond donors (Lipinski definition) is 1. The van der Waals surface area contributed by atoms with Crippen molar-refractivity contribution >= 4 is 11.6 Å². The number of nitrogens with one attached hydrogen (secondary N) is 1. The second kappa shape index (κ2) is 7.73. The summed E-state index contributed by atoms with van der Waals surface area (Å²) in [7, 11) is 0. The van der Waals surface area contributed by atoms with E-state index in [4.69, 9.17) is 0 Å². The lowest BCUT2D eigenvalue weighted by atomic mass is 9.94. The van der Waals surface area contributed by atoms with Gasteiger partial charge in [0.2, 0.25) is 5.91 Å². The van der Waals surface area contributed by atoms with Crippen LogP contribution in [-0.2, 0) is 4.79 Å². The van der Waals surface area contributed by atoms with Crippen LogP contribution in [0.25, 0.3) is 0 Å². The predicted molar refractivity (Wildman–Crippen MR) is 104 cm³/mol. The first-order chi connectivity index (χ1) is 12.0. The van der Waals surface area contributed by atoms with Crippen LogP contribution in [0.3, 0.4) is 0 Å². The standard InChI is InChI=1S/C22H28N2O/c1-16-4-8-19(9-5-16)18(3)23-22(25)20-12-14-24(15-13-20)21-10-6-17(2)7-11-21/h4-11,18,20H,12-15H2,1-3H3,(H,23,25)/t18-/m0/s1. The zero-order valence-corrected chi connectivity index (χ0v) is 15.5. The SMILES string of the molecule is Cc1ccc([C@H](C)NC(=O)C2CCN(c3ccc(C)cc3)CC2)cc1. The molecule has 2 aromatic carbocycles. The van der Waals surface area contributed by atoms with E-state index in [1.54, 1.807) is 0 Å². The van der Waals surface area contributed by atoms with E-state index in [2.05, 4.69) is 79.5 Å². The molecule has 132 valence electrons. The molecular formula is C22H28N2O. The van der Waals surface area contributed by atoms with Gasteiger partial charge in [0.15, 0.2) is 0 Å². The maximum absolute atomic E-state index is 12.6. The number of rotatable bonds is 4. The lowest BCUT2D eigenvalue weighted by Gasteiger charge is -2.33. The molecule has 0 unspecified atom stereocenters. The minimum Gasteiger partial charge on any atom is -0.371 e. The van der Waals surface area contributed by atoms with Gasteiger partial charge in [-0.25, -0.2) is 0 Å². The van der Waals surface area contributed by atoms with Crippen LogP contribution in [0.2, 0.25) is 0 Å². The van der Waals surface area contributed by atoms with Crippen LogP contribution < -0.4 is 10.2 Å². The average molecular weight is 336 g/mol. The van der Waals surface area contributed by atoms with Crippen LogP contribution in [-0.4, -0.2) is 19.0 Å². The molecule has 0 aliphatic carbocycles. The third-order valence-corrected chi connectivity index (χ3v) is 5.20. The maximum Gasteiger partial charge on any atom is 0.223 e. The van der Waals surface area contributed by atoms with Gasteiger partial charge in [-0.3, -0.25) is 4.79 Å². The Labute approximate surface area is 151 Å². The number of hydrogen-bond acceptors (Lipinski definition) is 2. The van der Waals surface area contributed by atoms with Gasteiger partial charge in [0.1, 0.15) is 0 Å². The normalized spacial score (nSPS) is 16.5. The van der Waals surface area contributed by atoms with Gasteiger partial charge in [-0.15, -0.1) is 0 Å². The monoisotopic (exact) mass is 336 g/mol. The first-order valence-electron chi connectivity index (χ1n) is 9.21. The van der Waals surface area contributed by atoms with E-state index in [0.717, 1.165) is 31.5 Å². The summed E-state index contributed by atoms with van der Waals surface area (Å²) < 4.78 is 0. The molecule has 1 heterocycles. The van der Waals surface area contributed by atoms with Gasteiger partial charge >= 0.3 is 0 Å². The second-order valence-corrected chi connectivity index (χ2v) is 7.24. The number of carbonyl (C=O) groups excluding carboxylic acids is 1.